The van der Waals surface area contributed by atoms with Crippen LogP contribution in [0.15, 0.2) is 24.3 Å². The van der Waals surface area contributed by atoms with Crippen LogP contribution in [0.3, 0.4) is 0 Å². The summed E-state index contributed by atoms with van der Waals surface area (Å²) in [6.07, 6.45) is 0.466. The molecule has 0 saturated heterocycles. The SMILES string of the molecule is CCNCCNC(=O)Cc1cccc(C)c1.Cl. The van der Waals surface area contributed by atoms with Crippen molar-refractivity contribution in [3.8, 4) is 0 Å². The van der Waals surface area contributed by atoms with Crippen molar-refractivity contribution >= 4 is 18.3 Å². The van der Waals surface area contributed by atoms with Gasteiger partial charge in [0.1, 0.15) is 0 Å². The molecule has 1 amide bonds. The Balaban J connectivity index is 0.00000256. The number of nitrogens with one attached hydrogen (secondary N) is 2. The van der Waals surface area contributed by atoms with Crippen molar-refractivity contribution in [2.45, 2.75) is 20.3 Å². The molecule has 2 N–H and O–H groups in total. The Labute approximate surface area is 109 Å². The maximum absolute atomic E-state index is 11.5. The van der Waals surface area contributed by atoms with Crippen LogP contribution in [-0.2, 0) is 11.2 Å². The number of amides is 1. The molecule has 0 spiro atoms. The monoisotopic (exact) mass is 256 g/mol. The minimum absolute atomic E-state index is 0. The van der Waals surface area contributed by atoms with Crippen LogP contribution >= 0.6 is 12.4 Å². The van der Waals surface area contributed by atoms with Gasteiger partial charge in [0.05, 0.1) is 6.42 Å². The van der Waals surface area contributed by atoms with Crippen LogP contribution in [0.25, 0.3) is 0 Å². The van der Waals surface area contributed by atoms with Gasteiger partial charge in [-0.25, -0.2) is 0 Å². The molecule has 17 heavy (non-hydrogen) atoms. The molecule has 1 rings (SSSR count). The maximum atomic E-state index is 11.5. The molecule has 0 atom stereocenters. The molecular weight excluding hydrogens is 236 g/mol. The highest BCUT2D eigenvalue weighted by molar-refractivity contribution is 5.85. The van der Waals surface area contributed by atoms with Crippen molar-refractivity contribution in [1.29, 1.82) is 0 Å². The molecule has 3 nitrogen and oxygen atoms in total. The zero-order valence-corrected chi connectivity index (χ0v) is 11.3. The lowest BCUT2D eigenvalue weighted by Gasteiger charge is -2.06. The average Bonchev–Trinajstić information content (AvgIpc) is 2.24. The van der Waals surface area contributed by atoms with Gasteiger partial charge in [-0.15, -0.1) is 12.4 Å². The van der Waals surface area contributed by atoms with Gasteiger partial charge < -0.3 is 10.6 Å². The van der Waals surface area contributed by atoms with Crippen molar-refractivity contribution in [2.75, 3.05) is 19.6 Å². The van der Waals surface area contributed by atoms with Crippen LogP contribution in [0.5, 0.6) is 0 Å². The number of hydrogen-bond acceptors (Lipinski definition) is 2. The highest BCUT2D eigenvalue weighted by atomic mass is 35.5. The quantitative estimate of drug-likeness (QED) is 0.761. The Bertz CT molecular complexity index is 342. The van der Waals surface area contributed by atoms with Gasteiger partial charge in [-0.2, -0.15) is 0 Å². The highest BCUT2D eigenvalue weighted by Gasteiger charge is 2.02. The smallest absolute Gasteiger partial charge is 0.224 e. The predicted octanol–water partition coefficient (Wildman–Crippen LogP) is 1.69. The second-order valence-corrected chi connectivity index (χ2v) is 3.87. The number of benzene rings is 1. The number of likely N-dealkylation sites (N-methyl/N-ethyl adjacent to an activating group) is 1. The fourth-order valence-corrected chi connectivity index (χ4v) is 1.54. The van der Waals surface area contributed by atoms with Crippen LogP contribution in [0.2, 0.25) is 0 Å². The van der Waals surface area contributed by atoms with E-state index in [9.17, 15) is 4.79 Å². The van der Waals surface area contributed by atoms with Crippen LogP contribution in [0.1, 0.15) is 18.1 Å². The third kappa shape index (κ3) is 6.97. The van der Waals surface area contributed by atoms with Crippen LogP contribution in [0, 0.1) is 6.92 Å². The first-order valence-corrected chi connectivity index (χ1v) is 5.75. The Morgan fingerprint density at radius 1 is 1.29 bits per heavy atom. The number of aryl methyl sites for hydroxylation is 1. The van der Waals surface area contributed by atoms with Gasteiger partial charge in [0.2, 0.25) is 5.91 Å². The first-order valence-electron chi connectivity index (χ1n) is 5.75. The van der Waals surface area contributed by atoms with Gasteiger partial charge in [-0.05, 0) is 19.0 Å². The van der Waals surface area contributed by atoms with Crippen molar-refractivity contribution in [1.82, 2.24) is 10.6 Å². The molecule has 0 heterocycles. The van der Waals surface area contributed by atoms with Gasteiger partial charge in [-0.1, -0.05) is 36.8 Å². The Morgan fingerprint density at radius 3 is 2.71 bits per heavy atom. The molecule has 0 aromatic heterocycles. The molecule has 0 aliphatic carbocycles. The second kappa shape index (κ2) is 9.02. The van der Waals surface area contributed by atoms with E-state index in [0.29, 0.717) is 13.0 Å². The van der Waals surface area contributed by atoms with Gasteiger partial charge in [0.25, 0.3) is 0 Å². The Morgan fingerprint density at radius 2 is 2.06 bits per heavy atom. The molecule has 0 radical (unpaired) electrons. The largest absolute Gasteiger partial charge is 0.355 e. The predicted molar refractivity (Wildman–Crippen MR) is 73.7 cm³/mol. The van der Waals surface area contributed by atoms with E-state index in [1.807, 2.05) is 31.2 Å². The molecule has 0 fully saturated rings. The summed E-state index contributed by atoms with van der Waals surface area (Å²) in [6.45, 7) is 6.55. The second-order valence-electron chi connectivity index (χ2n) is 3.87. The lowest BCUT2D eigenvalue weighted by atomic mass is 10.1. The lowest BCUT2D eigenvalue weighted by Crippen LogP contribution is -2.32. The van der Waals surface area contributed by atoms with E-state index in [-0.39, 0.29) is 18.3 Å². The number of halogens is 1. The molecule has 1 aromatic rings. The van der Waals surface area contributed by atoms with E-state index in [1.54, 1.807) is 0 Å². The van der Waals surface area contributed by atoms with Crippen molar-refractivity contribution < 1.29 is 4.79 Å². The van der Waals surface area contributed by atoms with E-state index in [4.69, 9.17) is 0 Å². The normalized spacial score (nSPS) is 9.53. The Hall–Kier alpha value is -1.06. The molecule has 0 saturated carbocycles. The van der Waals surface area contributed by atoms with Gasteiger partial charge in [0, 0.05) is 13.1 Å². The van der Waals surface area contributed by atoms with Crippen LogP contribution in [0.4, 0.5) is 0 Å². The first-order chi connectivity index (χ1) is 7.72. The van der Waals surface area contributed by atoms with Crippen molar-refractivity contribution in [3.05, 3.63) is 35.4 Å². The number of rotatable bonds is 6. The van der Waals surface area contributed by atoms with Gasteiger partial charge >= 0.3 is 0 Å². The summed E-state index contributed by atoms with van der Waals surface area (Å²) in [5.74, 6) is 0.0866. The van der Waals surface area contributed by atoms with E-state index in [0.717, 1.165) is 18.7 Å². The lowest BCUT2D eigenvalue weighted by molar-refractivity contribution is -0.120. The molecule has 0 aliphatic rings. The average molecular weight is 257 g/mol. The zero-order chi connectivity index (χ0) is 11.8. The van der Waals surface area contributed by atoms with Gasteiger partial charge in [-0.3, -0.25) is 4.79 Å². The molecule has 1 aromatic carbocycles. The summed E-state index contributed by atoms with van der Waals surface area (Å²) in [6, 6.07) is 8.05. The van der Waals surface area contributed by atoms with E-state index in [2.05, 4.69) is 17.6 Å². The van der Waals surface area contributed by atoms with E-state index >= 15 is 0 Å². The fourth-order valence-electron chi connectivity index (χ4n) is 1.54. The van der Waals surface area contributed by atoms with Crippen molar-refractivity contribution in [3.63, 3.8) is 0 Å². The highest BCUT2D eigenvalue weighted by Crippen LogP contribution is 2.04. The molecule has 96 valence electrons. The van der Waals surface area contributed by atoms with Gasteiger partial charge in [0.15, 0.2) is 0 Å². The summed E-state index contributed by atoms with van der Waals surface area (Å²) in [4.78, 5) is 11.5. The minimum atomic E-state index is 0. The molecule has 0 aliphatic heterocycles. The summed E-state index contributed by atoms with van der Waals surface area (Å²) in [5.41, 5.74) is 2.26. The van der Waals surface area contributed by atoms with Crippen LogP contribution in [-0.4, -0.2) is 25.5 Å². The summed E-state index contributed by atoms with van der Waals surface area (Å²) in [7, 11) is 0. The molecule has 0 unspecified atom stereocenters. The van der Waals surface area contributed by atoms with E-state index < -0.39 is 0 Å². The third-order valence-corrected chi connectivity index (χ3v) is 2.32. The van der Waals surface area contributed by atoms with Crippen LogP contribution < -0.4 is 10.6 Å². The minimum Gasteiger partial charge on any atom is -0.355 e. The van der Waals surface area contributed by atoms with Crippen molar-refractivity contribution in [2.24, 2.45) is 0 Å². The zero-order valence-electron chi connectivity index (χ0n) is 10.5. The number of hydrogen-bond donors (Lipinski definition) is 2. The summed E-state index contributed by atoms with van der Waals surface area (Å²) in [5, 5.41) is 6.05. The number of carbonyl (C=O) groups excluding carboxylic acids is 1. The summed E-state index contributed by atoms with van der Waals surface area (Å²) < 4.78 is 0. The fraction of sp³-hybridized carbons (Fsp3) is 0.462. The molecule has 0 bridgehead atoms. The molecule has 4 heteroatoms. The third-order valence-electron chi connectivity index (χ3n) is 2.32. The summed E-state index contributed by atoms with van der Waals surface area (Å²) >= 11 is 0. The Kier molecular flexibility index (Phi) is 8.46. The van der Waals surface area contributed by atoms with E-state index in [1.165, 1.54) is 5.56 Å². The first kappa shape index (κ1) is 15.9. The number of carbonyl (C=O) groups is 1. The topological polar surface area (TPSA) is 41.1 Å². The standard InChI is InChI=1S/C13H20N2O.ClH/c1-3-14-7-8-15-13(16)10-12-6-4-5-11(2)9-12;/h4-6,9,14H,3,7-8,10H2,1-2H3,(H,15,16);1H. The maximum Gasteiger partial charge on any atom is 0.224 e. The molecular formula is C13H21ClN2O.